The number of aliphatic carboxylic acids is 2. The lowest BCUT2D eigenvalue weighted by Gasteiger charge is -2.07. The maximum atomic E-state index is 8.89. The van der Waals surface area contributed by atoms with Crippen LogP contribution in [0.15, 0.2) is 24.4 Å². The van der Waals surface area contributed by atoms with Gasteiger partial charge in [0.1, 0.15) is 11.4 Å². The summed E-state index contributed by atoms with van der Waals surface area (Å²) >= 11 is 0. The molecule has 0 aliphatic carbocycles. The second-order valence-corrected chi connectivity index (χ2v) is 6.17. The zero-order chi connectivity index (χ0) is 22.0. The molecule has 0 fully saturated rings. The average molecular weight is 405 g/mol. The summed E-state index contributed by atoms with van der Waals surface area (Å²) in [6.45, 7) is 5.26. The third-order valence-corrected chi connectivity index (χ3v) is 3.67. The molecular formula is C20H27N3O6. The van der Waals surface area contributed by atoms with Crippen LogP contribution in [0.5, 0.6) is 5.75 Å². The Balaban J connectivity index is 0.000000452. The maximum absolute atomic E-state index is 8.89. The second-order valence-electron chi connectivity index (χ2n) is 6.17. The molecular weight excluding hydrogens is 378 g/mol. The fourth-order valence-corrected chi connectivity index (χ4v) is 2.70. The van der Waals surface area contributed by atoms with E-state index in [2.05, 4.69) is 29.4 Å². The molecule has 0 atom stereocenters. The van der Waals surface area contributed by atoms with Crippen molar-refractivity contribution in [3.05, 3.63) is 30.0 Å². The zero-order valence-corrected chi connectivity index (χ0v) is 17.0. The van der Waals surface area contributed by atoms with E-state index >= 15 is 0 Å². The summed E-state index contributed by atoms with van der Waals surface area (Å²) in [5, 5.41) is 19.9. The molecule has 0 spiro atoms. The third-order valence-electron chi connectivity index (χ3n) is 3.67. The van der Waals surface area contributed by atoms with Gasteiger partial charge >= 0.3 is 0 Å². The van der Waals surface area contributed by atoms with Crippen molar-refractivity contribution in [2.75, 3.05) is 19.5 Å². The van der Waals surface area contributed by atoms with Gasteiger partial charge in [-0.3, -0.25) is 11.1 Å². The van der Waals surface area contributed by atoms with E-state index in [0.29, 0.717) is 12.4 Å². The molecule has 9 nitrogen and oxygen atoms in total. The highest BCUT2D eigenvalue weighted by Crippen LogP contribution is 2.40. The zero-order valence-electron chi connectivity index (χ0n) is 17.0. The smallest absolute Gasteiger partial charge is 0.276 e. The first-order valence-corrected chi connectivity index (χ1v) is 9.00. The number of anilines is 1. The Bertz CT molecular complexity index is 834. The minimum Gasteiger partial charge on any atom is -0.550 e. The number of hydrogen-bond donors (Lipinski definition) is 2. The van der Waals surface area contributed by atoms with Crippen molar-refractivity contribution in [3.63, 3.8) is 0 Å². The second kappa shape index (κ2) is 11.6. The standard InChI is InChI=1S/C16H19N3O2.2C2H4O2/c1-3-6-21-10-4-5-13-11(7-10)15-12(9-20-2)16(17)18-8-14(15)19-13;2*1-2(3)4/h4-5,7-8,19H,3,6,9H2,1-2H3,(H2,17,18);2*1H3,(H,3,4). The number of nitrogens with two attached hydrogens (primary N) is 2. The Kier molecular flexibility index (Phi) is 9.57. The van der Waals surface area contributed by atoms with E-state index in [1.807, 2.05) is 12.3 Å². The van der Waals surface area contributed by atoms with Crippen LogP contribution in [0.2, 0.25) is 0 Å². The summed E-state index contributed by atoms with van der Waals surface area (Å²) in [5.41, 5.74) is 11.7. The number of fused-ring (bicyclic) bond motifs is 3. The molecule has 0 amide bonds. The first-order chi connectivity index (χ1) is 13.7. The van der Waals surface area contributed by atoms with Gasteiger partial charge < -0.3 is 29.3 Å². The van der Waals surface area contributed by atoms with E-state index < -0.39 is 11.9 Å². The van der Waals surface area contributed by atoms with E-state index in [4.69, 9.17) is 35.0 Å². The number of carboxylic acid groups (broad SMARTS) is 2. The van der Waals surface area contributed by atoms with Gasteiger partial charge in [0.25, 0.3) is 5.82 Å². The molecule has 9 heteroatoms. The Labute approximate surface area is 169 Å². The van der Waals surface area contributed by atoms with Crippen LogP contribution in [-0.2, 0) is 20.9 Å². The molecule has 2 aromatic rings. The van der Waals surface area contributed by atoms with Gasteiger partial charge in [0.05, 0.1) is 29.9 Å². The van der Waals surface area contributed by atoms with E-state index in [0.717, 1.165) is 55.0 Å². The summed E-state index contributed by atoms with van der Waals surface area (Å²) in [6.07, 6.45) is 2.94. The number of nitrogens with one attached hydrogen (secondary N) is 1. The molecule has 158 valence electrons. The van der Waals surface area contributed by atoms with Gasteiger partial charge in [-0.15, -0.1) is 0 Å². The largest absolute Gasteiger partial charge is 0.550 e. The number of aromatic nitrogens is 1. The molecule has 3 rings (SSSR count). The first kappa shape index (κ1) is 23.9. The van der Waals surface area contributed by atoms with Crippen LogP contribution in [0.1, 0.15) is 32.8 Å². The molecule has 2 heterocycles. The number of carbonyl (C=O) groups is 2. The monoisotopic (exact) mass is 405 g/mol. The fraction of sp³-hybridized carbons (Fsp3) is 0.350. The van der Waals surface area contributed by atoms with E-state index in [9.17, 15) is 0 Å². The highest BCUT2D eigenvalue weighted by atomic mass is 16.5. The summed E-state index contributed by atoms with van der Waals surface area (Å²) in [6, 6.07) is 6.19. The number of benzene rings is 1. The Hall–Kier alpha value is -3.17. The summed E-state index contributed by atoms with van der Waals surface area (Å²) in [5.74, 6) is -0.622. The van der Waals surface area contributed by atoms with Crippen molar-refractivity contribution in [1.82, 2.24) is 0 Å². The Morgan fingerprint density at radius 2 is 1.79 bits per heavy atom. The van der Waals surface area contributed by atoms with Gasteiger partial charge in [-0.05, 0) is 32.4 Å². The van der Waals surface area contributed by atoms with Gasteiger partial charge in [0.15, 0.2) is 11.9 Å². The minimum absolute atomic E-state index is 0.485. The van der Waals surface area contributed by atoms with Gasteiger partial charge in [0, 0.05) is 25.1 Å². The van der Waals surface area contributed by atoms with Crippen molar-refractivity contribution in [2.45, 2.75) is 33.8 Å². The molecule has 1 aliphatic heterocycles. The molecule has 29 heavy (non-hydrogen) atoms. The fourth-order valence-electron chi connectivity index (χ4n) is 2.70. The number of hydrogen-bond acceptors (Lipinski definition) is 7. The number of quaternary nitrogens is 1. The van der Waals surface area contributed by atoms with Gasteiger partial charge in [0.2, 0.25) is 0 Å². The Morgan fingerprint density at radius 3 is 2.34 bits per heavy atom. The number of pyridine rings is 1. The van der Waals surface area contributed by atoms with Crippen LogP contribution in [0.4, 0.5) is 17.2 Å². The molecule has 0 radical (unpaired) electrons. The number of methoxy groups -OCH3 is 1. The average Bonchev–Trinajstić information content (AvgIpc) is 2.99. The Morgan fingerprint density at radius 1 is 1.17 bits per heavy atom. The van der Waals surface area contributed by atoms with Crippen molar-refractivity contribution in [3.8, 4) is 16.9 Å². The van der Waals surface area contributed by atoms with Crippen molar-refractivity contribution < 1.29 is 39.6 Å². The lowest BCUT2D eigenvalue weighted by atomic mass is 10.0. The van der Waals surface area contributed by atoms with Crippen LogP contribution in [0.3, 0.4) is 0 Å². The van der Waals surface area contributed by atoms with Crippen molar-refractivity contribution in [1.29, 1.82) is 0 Å². The predicted octanol–water partition coefficient (Wildman–Crippen LogP) is -0.962. The number of ether oxygens (including phenoxy) is 2. The highest BCUT2D eigenvalue weighted by Gasteiger charge is 2.30. The van der Waals surface area contributed by atoms with Gasteiger partial charge in [-0.25, -0.2) is 4.98 Å². The molecule has 0 bridgehead atoms. The quantitative estimate of drug-likeness (QED) is 0.518. The molecule has 1 aliphatic rings. The van der Waals surface area contributed by atoms with E-state index in [-0.39, 0.29) is 0 Å². The summed E-state index contributed by atoms with van der Waals surface area (Å²) in [4.78, 5) is 20.9. The molecule has 1 aromatic carbocycles. The topological polar surface area (TPSA) is 155 Å². The van der Waals surface area contributed by atoms with Crippen LogP contribution < -0.4 is 31.0 Å². The number of carbonyl (C=O) groups excluding carboxylic acids is 2. The molecule has 5 N–H and O–H groups in total. The summed E-state index contributed by atoms with van der Waals surface area (Å²) in [7, 11) is 1.68. The lowest BCUT2D eigenvalue weighted by Crippen LogP contribution is -2.69. The predicted molar refractivity (Wildman–Crippen MR) is 102 cm³/mol. The van der Waals surface area contributed by atoms with Crippen LogP contribution in [0, 0.1) is 0 Å². The molecule has 0 unspecified atom stereocenters. The maximum Gasteiger partial charge on any atom is 0.276 e. The number of nitrogen functional groups attached to an aromatic ring is 1. The number of aromatic amines is 1. The molecule has 0 saturated heterocycles. The number of rotatable bonds is 5. The molecule has 0 saturated carbocycles. The first-order valence-electron chi connectivity index (χ1n) is 9.00. The van der Waals surface area contributed by atoms with E-state index in [1.54, 1.807) is 7.11 Å². The SMILES string of the molecule is CC(=O)[O-].CC(=O)[O-].CCCOc1ccc2c(c1)-c1c(c[nH+]c(N)c1COC)[NH2+]2. The van der Waals surface area contributed by atoms with Gasteiger partial charge in [-0.1, -0.05) is 6.92 Å². The summed E-state index contributed by atoms with van der Waals surface area (Å²) < 4.78 is 11.0. The van der Waals surface area contributed by atoms with Crippen molar-refractivity contribution in [2.24, 2.45) is 0 Å². The number of carboxylic acids is 2. The number of H-pyrrole nitrogens is 1. The van der Waals surface area contributed by atoms with Crippen LogP contribution in [0.25, 0.3) is 11.1 Å². The van der Waals surface area contributed by atoms with Crippen molar-refractivity contribution >= 4 is 29.1 Å². The van der Waals surface area contributed by atoms with Gasteiger partial charge in [-0.2, -0.15) is 0 Å². The highest BCUT2D eigenvalue weighted by molar-refractivity contribution is 5.88. The van der Waals surface area contributed by atoms with Crippen LogP contribution >= 0.6 is 0 Å². The lowest BCUT2D eigenvalue weighted by molar-refractivity contribution is -0.484. The molecule has 1 aromatic heterocycles. The van der Waals surface area contributed by atoms with Crippen LogP contribution in [-0.4, -0.2) is 25.7 Å². The normalized spacial score (nSPS) is 10.5. The van der Waals surface area contributed by atoms with E-state index in [1.165, 1.54) is 5.69 Å². The third kappa shape index (κ3) is 7.40. The minimum atomic E-state index is -1.08.